The third-order valence-corrected chi connectivity index (χ3v) is 7.54. The molecule has 0 radical (unpaired) electrons. The molecule has 1 aliphatic carbocycles. The highest BCUT2D eigenvalue weighted by molar-refractivity contribution is 5.89. The normalized spacial score (nSPS) is 27.5. The van der Waals surface area contributed by atoms with Gasteiger partial charge in [-0.05, 0) is 36.5 Å². The number of hydrogen-bond donors (Lipinski definition) is 1. The highest BCUT2D eigenvalue weighted by Gasteiger charge is 2.56. The summed E-state index contributed by atoms with van der Waals surface area (Å²) in [5.41, 5.74) is 1.65. The molecule has 5 rings (SSSR count). The molecule has 2 aromatic carbocycles. The molecule has 0 aromatic heterocycles. The predicted octanol–water partition coefficient (Wildman–Crippen LogP) is 4.36. The summed E-state index contributed by atoms with van der Waals surface area (Å²) in [5, 5.41) is 10.5. The summed E-state index contributed by atoms with van der Waals surface area (Å²) in [6.45, 7) is 1.72. The minimum Gasteiger partial charge on any atom is -0.392 e. The summed E-state index contributed by atoms with van der Waals surface area (Å²) in [4.78, 5) is 17.8. The lowest BCUT2D eigenvalue weighted by Gasteiger charge is -2.36. The number of aliphatic hydroxyl groups excluding tert-OH is 1. The fourth-order valence-corrected chi connectivity index (χ4v) is 5.96. The molecule has 2 aliphatic heterocycles. The van der Waals surface area contributed by atoms with Gasteiger partial charge in [0.1, 0.15) is 11.4 Å². The Morgan fingerprint density at radius 2 is 1.84 bits per heavy atom. The summed E-state index contributed by atoms with van der Waals surface area (Å²) in [6, 6.07) is 15.2. The quantitative estimate of drug-likeness (QED) is 0.796. The number of carbonyl (C=O) groups excluding carboxylic acids is 1. The Hall–Kier alpha value is -2.24. The van der Waals surface area contributed by atoms with Gasteiger partial charge in [0.05, 0.1) is 6.10 Å². The van der Waals surface area contributed by atoms with Crippen LogP contribution in [0.1, 0.15) is 50.5 Å². The van der Waals surface area contributed by atoms with E-state index in [2.05, 4.69) is 9.80 Å². The first kappa shape index (κ1) is 20.7. The van der Waals surface area contributed by atoms with E-state index in [1.54, 1.807) is 6.07 Å². The standard InChI is InChI=1S/C26H31FN2O2/c27-24-15-19(11-12-23(24)20-7-3-1-4-8-20)17-28-18-22(30)16-26(28)13-14-29(25(26)31)21-9-5-2-6-10-21/h1,3-4,7-8,11-12,15,21-22,30H,2,5-6,9-10,13-14,16-18H2/t22-,26?/m1/s1. The van der Waals surface area contributed by atoms with Crippen molar-refractivity contribution in [3.8, 4) is 11.1 Å². The predicted molar refractivity (Wildman–Crippen MR) is 119 cm³/mol. The molecule has 1 amide bonds. The number of nitrogens with zero attached hydrogens (tertiary/aromatic N) is 2. The van der Waals surface area contributed by atoms with Crippen LogP contribution < -0.4 is 0 Å². The summed E-state index contributed by atoms with van der Waals surface area (Å²) in [5.74, 6) is -0.0728. The van der Waals surface area contributed by atoms with Crippen molar-refractivity contribution in [2.24, 2.45) is 0 Å². The molecule has 1 saturated carbocycles. The van der Waals surface area contributed by atoms with Gasteiger partial charge in [-0.15, -0.1) is 0 Å². The third-order valence-electron chi connectivity index (χ3n) is 7.54. The largest absolute Gasteiger partial charge is 0.392 e. The van der Waals surface area contributed by atoms with E-state index in [0.29, 0.717) is 31.1 Å². The average molecular weight is 423 g/mol. The maximum atomic E-state index is 14.9. The van der Waals surface area contributed by atoms with Gasteiger partial charge < -0.3 is 10.0 Å². The molecule has 4 nitrogen and oxygen atoms in total. The van der Waals surface area contributed by atoms with Crippen molar-refractivity contribution < 1.29 is 14.3 Å². The maximum Gasteiger partial charge on any atom is 0.243 e. The lowest BCUT2D eigenvalue weighted by Crippen LogP contribution is -2.51. The van der Waals surface area contributed by atoms with Crippen LogP contribution in [0.2, 0.25) is 0 Å². The van der Waals surface area contributed by atoms with Gasteiger partial charge >= 0.3 is 0 Å². The fraction of sp³-hybridized carbons (Fsp3) is 0.500. The summed E-state index contributed by atoms with van der Waals surface area (Å²) >= 11 is 0. The number of β-amino-alcohol motifs (C(OH)–C–C–N with tert-alkyl or cyclic N) is 1. The van der Waals surface area contributed by atoms with Crippen molar-refractivity contribution >= 4 is 5.91 Å². The smallest absolute Gasteiger partial charge is 0.243 e. The Morgan fingerprint density at radius 3 is 2.58 bits per heavy atom. The fourth-order valence-electron chi connectivity index (χ4n) is 5.96. The molecule has 1 unspecified atom stereocenters. The Labute approximate surface area is 183 Å². The zero-order valence-electron chi connectivity index (χ0n) is 18.0. The van der Waals surface area contributed by atoms with Gasteiger partial charge in [-0.1, -0.05) is 61.7 Å². The SMILES string of the molecule is O=C1N(C2CCCCC2)CCC12C[C@@H](O)CN2Cc1ccc(-c2ccccc2)c(F)c1. The minimum atomic E-state index is -0.633. The number of rotatable bonds is 4. The lowest BCUT2D eigenvalue weighted by atomic mass is 9.91. The van der Waals surface area contributed by atoms with Crippen LogP contribution in [0.15, 0.2) is 48.5 Å². The molecule has 0 bridgehead atoms. The van der Waals surface area contributed by atoms with Crippen molar-refractivity contribution in [3.63, 3.8) is 0 Å². The van der Waals surface area contributed by atoms with Crippen LogP contribution in [0.25, 0.3) is 11.1 Å². The Bertz CT molecular complexity index is 944. The topological polar surface area (TPSA) is 43.8 Å². The molecule has 3 aliphatic rings. The first-order valence-electron chi connectivity index (χ1n) is 11.6. The highest BCUT2D eigenvalue weighted by atomic mass is 19.1. The minimum absolute atomic E-state index is 0.178. The molecular formula is C26H31FN2O2. The van der Waals surface area contributed by atoms with Gasteiger partial charge in [0.15, 0.2) is 0 Å². The second-order valence-corrected chi connectivity index (χ2v) is 9.49. The third kappa shape index (κ3) is 3.79. The second kappa shape index (κ2) is 8.36. The van der Waals surface area contributed by atoms with Gasteiger partial charge in [-0.2, -0.15) is 0 Å². The molecule has 3 fully saturated rings. The van der Waals surface area contributed by atoms with E-state index in [1.807, 2.05) is 42.5 Å². The van der Waals surface area contributed by atoms with Crippen molar-refractivity contribution in [3.05, 3.63) is 59.9 Å². The second-order valence-electron chi connectivity index (χ2n) is 9.49. The molecule has 2 heterocycles. The van der Waals surface area contributed by atoms with E-state index in [1.165, 1.54) is 19.3 Å². The zero-order chi connectivity index (χ0) is 21.4. The monoisotopic (exact) mass is 422 g/mol. The van der Waals surface area contributed by atoms with E-state index in [-0.39, 0.29) is 11.7 Å². The van der Waals surface area contributed by atoms with E-state index in [0.717, 1.165) is 36.9 Å². The first-order chi connectivity index (χ1) is 15.1. The number of hydrogen-bond acceptors (Lipinski definition) is 3. The Morgan fingerprint density at radius 1 is 1.06 bits per heavy atom. The average Bonchev–Trinajstić information content (AvgIpc) is 3.28. The number of aliphatic hydroxyl groups is 1. The van der Waals surface area contributed by atoms with Gasteiger partial charge in [-0.3, -0.25) is 9.69 Å². The van der Waals surface area contributed by atoms with E-state index < -0.39 is 11.6 Å². The molecule has 2 aromatic rings. The van der Waals surface area contributed by atoms with Gasteiger partial charge in [0.25, 0.3) is 0 Å². The maximum absolute atomic E-state index is 14.9. The van der Waals surface area contributed by atoms with Crippen molar-refractivity contribution in [2.45, 2.75) is 69.2 Å². The molecule has 2 saturated heterocycles. The van der Waals surface area contributed by atoms with Crippen molar-refractivity contribution in [1.82, 2.24) is 9.80 Å². The van der Waals surface area contributed by atoms with Crippen LogP contribution in [-0.4, -0.2) is 51.6 Å². The van der Waals surface area contributed by atoms with Crippen LogP contribution in [0.3, 0.4) is 0 Å². The number of carbonyl (C=O) groups is 1. The molecule has 5 heteroatoms. The Balaban J connectivity index is 1.36. The van der Waals surface area contributed by atoms with Crippen molar-refractivity contribution in [2.75, 3.05) is 13.1 Å². The summed E-state index contributed by atoms with van der Waals surface area (Å²) in [6.07, 6.45) is 6.57. The lowest BCUT2D eigenvalue weighted by molar-refractivity contribution is -0.139. The van der Waals surface area contributed by atoms with Crippen molar-refractivity contribution in [1.29, 1.82) is 0 Å². The Kier molecular flexibility index (Phi) is 5.57. The molecule has 164 valence electrons. The van der Waals surface area contributed by atoms with Gasteiger partial charge in [0.2, 0.25) is 5.91 Å². The van der Waals surface area contributed by atoms with Crippen LogP contribution in [0.4, 0.5) is 4.39 Å². The molecule has 1 spiro atoms. The highest BCUT2D eigenvalue weighted by Crippen LogP contribution is 2.42. The molecule has 2 atom stereocenters. The van der Waals surface area contributed by atoms with Crippen LogP contribution >= 0.6 is 0 Å². The van der Waals surface area contributed by atoms with E-state index in [4.69, 9.17) is 0 Å². The van der Waals surface area contributed by atoms with Crippen LogP contribution in [0.5, 0.6) is 0 Å². The molecule has 31 heavy (non-hydrogen) atoms. The molecular weight excluding hydrogens is 391 g/mol. The van der Waals surface area contributed by atoms with Crippen LogP contribution in [0, 0.1) is 5.82 Å². The number of likely N-dealkylation sites (tertiary alicyclic amines) is 2. The summed E-state index contributed by atoms with van der Waals surface area (Å²) < 4.78 is 14.9. The van der Waals surface area contributed by atoms with Gasteiger partial charge in [0, 0.05) is 37.7 Å². The van der Waals surface area contributed by atoms with E-state index >= 15 is 0 Å². The first-order valence-corrected chi connectivity index (χ1v) is 11.6. The number of benzene rings is 2. The number of halogens is 1. The number of amides is 1. The molecule has 1 N–H and O–H groups in total. The van der Waals surface area contributed by atoms with E-state index in [9.17, 15) is 14.3 Å². The summed E-state index contributed by atoms with van der Waals surface area (Å²) in [7, 11) is 0. The van der Waals surface area contributed by atoms with Gasteiger partial charge in [-0.25, -0.2) is 4.39 Å². The van der Waals surface area contributed by atoms with Crippen LogP contribution in [-0.2, 0) is 11.3 Å². The zero-order valence-corrected chi connectivity index (χ0v) is 18.0.